The molecule has 3 heterocycles. The summed E-state index contributed by atoms with van der Waals surface area (Å²) >= 11 is 0. The van der Waals surface area contributed by atoms with Gasteiger partial charge in [-0.15, -0.1) is 0 Å². The molecule has 0 aliphatic carbocycles. The number of ether oxygens (including phenoxy) is 2. The summed E-state index contributed by atoms with van der Waals surface area (Å²) in [4.78, 5) is 12.3. The Morgan fingerprint density at radius 2 is 2.25 bits per heavy atom. The van der Waals surface area contributed by atoms with E-state index in [1.165, 1.54) is 0 Å². The zero-order valence-electron chi connectivity index (χ0n) is 16.2. The lowest BCUT2D eigenvalue weighted by Gasteiger charge is -2.23. The molecule has 3 aromatic rings. The number of aromatic nitrogens is 4. The van der Waals surface area contributed by atoms with Crippen LogP contribution in [0.15, 0.2) is 31.0 Å². The molecule has 1 fully saturated rings. The molecule has 0 N–H and O–H groups in total. The first-order chi connectivity index (χ1) is 13.6. The fourth-order valence-corrected chi connectivity index (χ4v) is 3.67. The smallest absolute Gasteiger partial charge is 0.359 e. The van der Waals surface area contributed by atoms with Gasteiger partial charge in [-0.1, -0.05) is 12.6 Å². The molecule has 1 aromatic carbocycles. The SMILES string of the molecule is C=Cc1nn(C2CCCCO2)c2ccc(-c3cn(C)nc3C(=O)OCC)cc12. The third-order valence-electron chi connectivity index (χ3n) is 4.97. The maximum Gasteiger partial charge on any atom is 0.359 e. The first-order valence-corrected chi connectivity index (χ1v) is 9.59. The van der Waals surface area contributed by atoms with E-state index in [1.54, 1.807) is 24.7 Å². The van der Waals surface area contributed by atoms with E-state index in [9.17, 15) is 4.79 Å². The average molecular weight is 380 g/mol. The van der Waals surface area contributed by atoms with Gasteiger partial charge in [-0.25, -0.2) is 9.48 Å². The third kappa shape index (κ3) is 3.22. The van der Waals surface area contributed by atoms with E-state index in [1.807, 2.05) is 29.1 Å². The van der Waals surface area contributed by atoms with Crippen molar-refractivity contribution in [2.45, 2.75) is 32.4 Å². The van der Waals surface area contributed by atoms with Crippen LogP contribution in [0, 0.1) is 0 Å². The highest BCUT2D eigenvalue weighted by Crippen LogP contribution is 2.32. The minimum absolute atomic E-state index is 0.0516. The van der Waals surface area contributed by atoms with E-state index < -0.39 is 5.97 Å². The molecule has 7 heteroatoms. The number of esters is 1. The Labute approximate surface area is 163 Å². The highest BCUT2D eigenvalue weighted by atomic mass is 16.5. The summed E-state index contributed by atoms with van der Waals surface area (Å²) in [5.41, 5.74) is 3.72. The van der Waals surface area contributed by atoms with Crippen molar-refractivity contribution in [3.05, 3.63) is 42.4 Å². The molecule has 0 bridgehead atoms. The van der Waals surface area contributed by atoms with Gasteiger partial charge >= 0.3 is 5.97 Å². The van der Waals surface area contributed by atoms with E-state index in [2.05, 4.69) is 11.7 Å². The van der Waals surface area contributed by atoms with Crippen molar-refractivity contribution >= 4 is 22.9 Å². The van der Waals surface area contributed by atoms with Crippen molar-refractivity contribution in [3.8, 4) is 11.1 Å². The summed E-state index contributed by atoms with van der Waals surface area (Å²) in [7, 11) is 1.79. The fourth-order valence-electron chi connectivity index (χ4n) is 3.67. The zero-order chi connectivity index (χ0) is 19.7. The van der Waals surface area contributed by atoms with Crippen LogP contribution in [0.5, 0.6) is 0 Å². The number of hydrogen-bond acceptors (Lipinski definition) is 5. The van der Waals surface area contributed by atoms with E-state index in [4.69, 9.17) is 14.6 Å². The molecule has 0 radical (unpaired) electrons. The molecule has 1 atom stereocenters. The van der Waals surface area contributed by atoms with Crippen LogP contribution in [0.1, 0.15) is 48.6 Å². The van der Waals surface area contributed by atoms with Crippen LogP contribution >= 0.6 is 0 Å². The lowest BCUT2D eigenvalue weighted by molar-refractivity contribution is -0.0367. The monoisotopic (exact) mass is 380 g/mol. The molecule has 1 aliphatic heterocycles. The Hall–Kier alpha value is -2.93. The second-order valence-corrected chi connectivity index (χ2v) is 6.87. The second kappa shape index (κ2) is 7.59. The van der Waals surface area contributed by atoms with Crippen molar-refractivity contribution in [1.29, 1.82) is 0 Å². The van der Waals surface area contributed by atoms with E-state index in [0.717, 1.165) is 53.6 Å². The topological polar surface area (TPSA) is 71.2 Å². The molecular weight excluding hydrogens is 356 g/mol. The van der Waals surface area contributed by atoms with Gasteiger partial charge in [-0.2, -0.15) is 10.2 Å². The molecule has 28 heavy (non-hydrogen) atoms. The largest absolute Gasteiger partial charge is 0.461 e. The summed E-state index contributed by atoms with van der Waals surface area (Å²) in [6, 6.07) is 6.03. The summed E-state index contributed by atoms with van der Waals surface area (Å²) < 4.78 is 14.6. The minimum atomic E-state index is -0.423. The minimum Gasteiger partial charge on any atom is -0.461 e. The van der Waals surface area contributed by atoms with Crippen molar-refractivity contribution in [1.82, 2.24) is 19.6 Å². The Kier molecular flexibility index (Phi) is 5.00. The molecule has 7 nitrogen and oxygen atoms in total. The highest BCUT2D eigenvalue weighted by molar-refractivity contribution is 5.97. The standard InChI is InChI=1S/C21H24N4O3/c1-4-17-15-12-14(16-13-24(3)23-20(16)21(26)27-5-2)9-10-18(15)25(22-17)19-8-6-7-11-28-19/h4,9-10,12-13,19H,1,5-8,11H2,2-3H3. The molecule has 146 valence electrons. The number of fused-ring (bicyclic) bond motifs is 1. The Morgan fingerprint density at radius 1 is 1.39 bits per heavy atom. The van der Waals surface area contributed by atoms with Gasteiger partial charge in [-0.05, 0) is 50.0 Å². The number of hydrogen-bond donors (Lipinski definition) is 0. The Bertz CT molecular complexity index is 1030. The van der Waals surface area contributed by atoms with Crippen LogP contribution in [0.25, 0.3) is 28.1 Å². The van der Waals surface area contributed by atoms with Gasteiger partial charge in [0.15, 0.2) is 11.9 Å². The summed E-state index contributed by atoms with van der Waals surface area (Å²) in [6.07, 6.45) is 6.70. The maximum absolute atomic E-state index is 12.3. The van der Waals surface area contributed by atoms with Gasteiger partial charge in [0.05, 0.1) is 17.8 Å². The average Bonchev–Trinajstić information content (AvgIpc) is 3.29. The van der Waals surface area contributed by atoms with Crippen molar-refractivity contribution in [2.24, 2.45) is 7.05 Å². The van der Waals surface area contributed by atoms with Crippen molar-refractivity contribution < 1.29 is 14.3 Å². The molecule has 2 aromatic heterocycles. The number of aryl methyl sites for hydroxylation is 1. The highest BCUT2D eigenvalue weighted by Gasteiger charge is 2.22. The number of benzene rings is 1. The van der Waals surface area contributed by atoms with E-state index in [-0.39, 0.29) is 6.23 Å². The lowest BCUT2D eigenvalue weighted by atomic mass is 10.0. The molecule has 1 aliphatic rings. The third-order valence-corrected chi connectivity index (χ3v) is 4.97. The van der Waals surface area contributed by atoms with Crippen LogP contribution in [0.3, 0.4) is 0 Å². The number of nitrogens with zero attached hydrogens (tertiary/aromatic N) is 4. The van der Waals surface area contributed by atoms with Crippen molar-refractivity contribution in [3.63, 3.8) is 0 Å². The first-order valence-electron chi connectivity index (χ1n) is 9.59. The predicted molar refractivity (Wildman–Crippen MR) is 107 cm³/mol. The van der Waals surface area contributed by atoms with E-state index >= 15 is 0 Å². The van der Waals surface area contributed by atoms with Crippen molar-refractivity contribution in [2.75, 3.05) is 13.2 Å². The Morgan fingerprint density at radius 3 is 2.96 bits per heavy atom. The van der Waals surface area contributed by atoms with Gasteiger partial charge < -0.3 is 9.47 Å². The number of carbonyl (C=O) groups excluding carboxylic acids is 1. The van der Waals surface area contributed by atoms with Crippen LogP contribution < -0.4 is 0 Å². The van der Waals surface area contributed by atoms with Crippen LogP contribution in [0.2, 0.25) is 0 Å². The lowest BCUT2D eigenvalue weighted by Crippen LogP contribution is -2.19. The molecule has 4 rings (SSSR count). The van der Waals surface area contributed by atoms with Gasteiger partial charge in [0.25, 0.3) is 0 Å². The fraction of sp³-hybridized carbons (Fsp3) is 0.381. The van der Waals surface area contributed by atoms with Crippen LogP contribution in [0.4, 0.5) is 0 Å². The first kappa shape index (κ1) is 18.4. The summed E-state index contributed by atoms with van der Waals surface area (Å²) in [5, 5.41) is 9.98. The molecule has 0 saturated carbocycles. The number of carbonyl (C=O) groups is 1. The number of rotatable bonds is 5. The molecule has 1 saturated heterocycles. The second-order valence-electron chi connectivity index (χ2n) is 6.87. The predicted octanol–water partition coefficient (Wildman–Crippen LogP) is 3.96. The Balaban J connectivity index is 1.81. The quantitative estimate of drug-likeness (QED) is 0.627. The van der Waals surface area contributed by atoms with Gasteiger partial charge in [0.2, 0.25) is 0 Å². The van der Waals surface area contributed by atoms with Gasteiger partial charge in [0, 0.05) is 30.8 Å². The summed E-state index contributed by atoms with van der Waals surface area (Å²) in [6.45, 7) is 6.76. The zero-order valence-corrected chi connectivity index (χ0v) is 16.2. The van der Waals surface area contributed by atoms with E-state index in [0.29, 0.717) is 12.3 Å². The van der Waals surface area contributed by atoms with Crippen LogP contribution in [-0.2, 0) is 16.5 Å². The van der Waals surface area contributed by atoms with Gasteiger partial charge in [-0.3, -0.25) is 4.68 Å². The van der Waals surface area contributed by atoms with Crippen LogP contribution in [-0.4, -0.2) is 38.7 Å². The van der Waals surface area contributed by atoms with Gasteiger partial charge in [0.1, 0.15) is 0 Å². The maximum atomic E-state index is 12.3. The molecule has 0 amide bonds. The normalized spacial score (nSPS) is 17.0. The molecule has 1 unspecified atom stereocenters. The molecule has 0 spiro atoms. The molecular formula is C21H24N4O3. The summed E-state index contributed by atoms with van der Waals surface area (Å²) in [5.74, 6) is -0.423.